The number of carbonyl (C=O) groups is 1. The Morgan fingerprint density at radius 2 is 1.93 bits per heavy atom. The lowest BCUT2D eigenvalue weighted by molar-refractivity contribution is -0.121. The summed E-state index contributed by atoms with van der Waals surface area (Å²) < 4.78 is 12.5. The minimum Gasteiger partial charge on any atom is -0.496 e. The minimum absolute atomic E-state index is 0.121. The molecule has 0 atom stereocenters. The van der Waals surface area contributed by atoms with Crippen molar-refractivity contribution in [1.82, 2.24) is 20.0 Å². The number of para-hydroxylation sites is 1. The Labute approximate surface area is 178 Å². The summed E-state index contributed by atoms with van der Waals surface area (Å²) in [5.74, 6) is 1.38. The van der Waals surface area contributed by atoms with E-state index in [1.54, 1.807) is 30.0 Å². The summed E-state index contributed by atoms with van der Waals surface area (Å²) in [6, 6.07) is 18.4. The third-order valence-electron chi connectivity index (χ3n) is 4.56. The van der Waals surface area contributed by atoms with E-state index in [4.69, 9.17) is 20.9 Å². The lowest BCUT2D eigenvalue weighted by Gasteiger charge is -2.10. The number of nitrogens with one attached hydrogen (secondary N) is 1. The van der Waals surface area contributed by atoms with Crippen LogP contribution in [-0.4, -0.2) is 27.7 Å². The van der Waals surface area contributed by atoms with Gasteiger partial charge >= 0.3 is 0 Å². The maximum Gasteiger partial charge on any atom is 0.274 e. The molecule has 0 saturated carbocycles. The standard InChI is InChI=1S/C22H19ClN4O3/c1-29-19-7-3-2-5-16(19)13-24-20(28)14-27-12-4-6-18(27)22-25-21(26-30-22)15-8-10-17(23)11-9-15/h2-12H,13-14H2,1H3,(H,24,28). The zero-order chi connectivity index (χ0) is 20.9. The highest BCUT2D eigenvalue weighted by atomic mass is 35.5. The first kappa shape index (κ1) is 19.7. The first-order valence-corrected chi connectivity index (χ1v) is 9.65. The molecule has 2 aromatic heterocycles. The van der Waals surface area contributed by atoms with Crippen LogP contribution in [0.2, 0.25) is 5.02 Å². The second kappa shape index (κ2) is 8.84. The highest BCUT2D eigenvalue weighted by Gasteiger charge is 2.15. The van der Waals surface area contributed by atoms with E-state index in [-0.39, 0.29) is 12.5 Å². The van der Waals surface area contributed by atoms with Gasteiger partial charge in [-0.2, -0.15) is 4.98 Å². The Kier molecular flexibility index (Phi) is 5.81. The average Bonchev–Trinajstić information content (AvgIpc) is 3.42. The summed E-state index contributed by atoms with van der Waals surface area (Å²) in [5, 5.41) is 7.57. The molecular formula is C22H19ClN4O3. The van der Waals surface area contributed by atoms with Gasteiger partial charge < -0.3 is 19.1 Å². The van der Waals surface area contributed by atoms with Gasteiger partial charge in [0.2, 0.25) is 11.7 Å². The highest BCUT2D eigenvalue weighted by molar-refractivity contribution is 6.30. The predicted molar refractivity (Wildman–Crippen MR) is 113 cm³/mol. The third-order valence-corrected chi connectivity index (χ3v) is 4.81. The van der Waals surface area contributed by atoms with E-state index >= 15 is 0 Å². The number of halogens is 1. The van der Waals surface area contributed by atoms with E-state index in [2.05, 4.69) is 15.5 Å². The molecule has 0 radical (unpaired) electrons. The molecular weight excluding hydrogens is 404 g/mol. The van der Waals surface area contributed by atoms with Crippen molar-refractivity contribution < 1.29 is 14.1 Å². The van der Waals surface area contributed by atoms with Crippen molar-refractivity contribution in [3.05, 3.63) is 77.4 Å². The van der Waals surface area contributed by atoms with Gasteiger partial charge in [-0.1, -0.05) is 35.0 Å². The van der Waals surface area contributed by atoms with E-state index in [1.165, 1.54) is 0 Å². The van der Waals surface area contributed by atoms with Crippen molar-refractivity contribution in [3.63, 3.8) is 0 Å². The molecule has 0 saturated heterocycles. The van der Waals surface area contributed by atoms with Gasteiger partial charge in [-0.05, 0) is 42.5 Å². The molecule has 30 heavy (non-hydrogen) atoms. The first-order valence-electron chi connectivity index (χ1n) is 9.28. The number of hydrogen-bond acceptors (Lipinski definition) is 5. The monoisotopic (exact) mass is 422 g/mol. The normalized spacial score (nSPS) is 10.7. The van der Waals surface area contributed by atoms with E-state index in [0.717, 1.165) is 16.9 Å². The fourth-order valence-corrected chi connectivity index (χ4v) is 3.17. The van der Waals surface area contributed by atoms with Crippen LogP contribution in [0.5, 0.6) is 5.75 Å². The summed E-state index contributed by atoms with van der Waals surface area (Å²) in [4.78, 5) is 16.9. The van der Waals surface area contributed by atoms with Crippen molar-refractivity contribution in [3.8, 4) is 28.7 Å². The fourth-order valence-electron chi connectivity index (χ4n) is 3.04. The Hall–Kier alpha value is -3.58. The summed E-state index contributed by atoms with van der Waals surface area (Å²) in [5.41, 5.74) is 2.36. The molecule has 1 amide bonds. The van der Waals surface area contributed by atoms with Gasteiger partial charge in [-0.3, -0.25) is 4.79 Å². The Balaban J connectivity index is 1.44. The van der Waals surface area contributed by atoms with Crippen molar-refractivity contribution in [2.24, 2.45) is 0 Å². The van der Waals surface area contributed by atoms with Crippen LogP contribution in [0.3, 0.4) is 0 Å². The summed E-state index contributed by atoms with van der Waals surface area (Å²) in [7, 11) is 1.61. The molecule has 0 aliphatic heterocycles. The van der Waals surface area contributed by atoms with Crippen molar-refractivity contribution >= 4 is 17.5 Å². The maximum absolute atomic E-state index is 12.5. The largest absolute Gasteiger partial charge is 0.496 e. The zero-order valence-corrected chi connectivity index (χ0v) is 17.0. The van der Waals surface area contributed by atoms with Crippen LogP contribution in [0.15, 0.2) is 71.4 Å². The Morgan fingerprint density at radius 3 is 2.73 bits per heavy atom. The number of aromatic nitrogens is 3. The van der Waals surface area contributed by atoms with Crippen LogP contribution in [0.1, 0.15) is 5.56 Å². The molecule has 0 fully saturated rings. The van der Waals surface area contributed by atoms with Crippen LogP contribution in [-0.2, 0) is 17.9 Å². The second-order valence-corrected chi connectivity index (χ2v) is 6.98. The Bertz CT molecular complexity index is 1150. The smallest absolute Gasteiger partial charge is 0.274 e. The SMILES string of the molecule is COc1ccccc1CNC(=O)Cn1cccc1-c1nc(-c2ccc(Cl)cc2)no1. The number of ether oxygens (including phenoxy) is 1. The molecule has 0 bridgehead atoms. The van der Waals surface area contributed by atoms with Gasteiger partial charge in [0.1, 0.15) is 18.0 Å². The average molecular weight is 423 g/mol. The number of benzene rings is 2. The molecule has 0 unspecified atom stereocenters. The van der Waals surface area contributed by atoms with Gasteiger partial charge in [0.25, 0.3) is 5.89 Å². The number of nitrogens with zero attached hydrogens (tertiary/aromatic N) is 3. The zero-order valence-electron chi connectivity index (χ0n) is 16.2. The quantitative estimate of drug-likeness (QED) is 0.483. The number of rotatable bonds is 7. The third kappa shape index (κ3) is 4.36. The van der Waals surface area contributed by atoms with Crippen LogP contribution in [0, 0.1) is 0 Å². The number of amides is 1. The molecule has 7 nitrogen and oxygen atoms in total. The summed E-state index contributed by atoms with van der Waals surface area (Å²) in [6.07, 6.45) is 1.80. The molecule has 2 heterocycles. The lowest BCUT2D eigenvalue weighted by atomic mass is 10.2. The molecule has 0 aliphatic rings. The van der Waals surface area contributed by atoms with Crippen LogP contribution in [0.4, 0.5) is 0 Å². The predicted octanol–water partition coefficient (Wildman–Crippen LogP) is 4.18. The fraction of sp³-hybridized carbons (Fsp3) is 0.136. The first-order chi connectivity index (χ1) is 14.6. The minimum atomic E-state index is -0.143. The number of methoxy groups -OCH3 is 1. The van der Waals surface area contributed by atoms with Crippen LogP contribution < -0.4 is 10.1 Å². The number of hydrogen-bond donors (Lipinski definition) is 1. The highest BCUT2D eigenvalue weighted by Crippen LogP contribution is 2.24. The second-order valence-electron chi connectivity index (χ2n) is 6.54. The molecule has 4 rings (SSSR count). The molecule has 0 spiro atoms. The van der Waals surface area contributed by atoms with Crippen molar-refractivity contribution in [1.29, 1.82) is 0 Å². The molecule has 152 valence electrons. The van der Waals surface area contributed by atoms with E-state index < -0.39 is 0 Å². The van der Waals surface area contributed by atoms with Crippen molar-refractivity contribution in [2.75, 3.05) is 7.11 Å². The van der Waals surface area contributed by atoms with Gasteiger partial charge in [0, 0.05) is 28.9 Å². The van der Waals surface area contributed by atoms with Gasteiger partial charge in [0.05, 0.1) is 7.11 Å². The van der Waals surface area contributed by atoms with Crippen LogP contribution in [0.25, 0.3) is 23.0 Å². The molecule has 2 aromatic carbocycles. The molecule has 1 N–H and O–H groups in total. The summed E-state index contributed by atoms with van der Waals surface area (Å²) >= 11 is 5.92. The number of carbonyl (C=O) groups excluding carboxylic acids is 1. The van der Waals surface area contributed by atoms with Gasteiger partial charge in [-0.15, -0.1) is 0 Å². The molecule has 4 aromatic rings. The lowest BCUT2D eigenvalue weighted by Crippen LogP contribution is -2.27. The van der Waals surface area contributed by atoms with Gasteiger partial charge in [0.15, 0.2) is 0 Å². The van der Waals surface area contributed by atoms with E-state index in [9.17, 15) is 4.79 Å². The van der Waals surface area contributed by atoms with Crippen LogP contribution >= 0.6 is 11.6 Å². The topological polar surface area (TPSA) is 82.2 Å². The van der Waals surface area contributed by atoms with Crippen molar-refractivity contribution in [2.45, 2.75) is 13.1 Å². The van der Waals surface area contributed by atoms with Gasteiger partial charge in [-0.25, -0.2) is 0 Å². The Morgan fingerprint density at radius 1 is 1.13 bits per heavy atom. The summed E-state index contributed by atoms with van der Waals surface area (Å²) in [6.45, 7) is 0.497. The maximum atomic E-state index is 12.5. The molecule has 8 heteroatoms. The molecule has 0 aliphatic carbocycles. The van der Waals surface area contributed by atoms with E-state index in [0.29, 0.717) is 29.0 Å². The van der Waals surface area contributed by atoms with E-state index in [1.807, 2.05) is 48.5 Å².